The number of rotatable bonds is 6. The Labute approximate surface area is 165 Å². The van der Waals surface area contributed by atoms with Gasteiger partial charge in [-0.15, -0.1) is 10.2 Å². The number of anilines is 1. The Hall–Kier alpha value is -1.90. The number of aromatic nitrogens is 2. The Morgan fingerprint density at radius 2 is 2.11 bits per heavy atom. The maximum absolute atomic E-state index is 11.9. The normalized spacial score (nSPS) is 16.9. The van der Waals surface area contributed by atoms with Gasteiger partial charge in [0, 0.05) is 30.4 Å². The third-order valence-electron chi connectivity index (χ3n) is 4.71. The minimum Gasteiger partial charge on any atom is -0.423 e. The van der Waals surface area contributed by atoms with Crippen molar-refractivity contribution < 1.29 is 9.15 Å². The molecule has 1 atom stereocenters. The monoisotopic (exact) mass is 403 g/mol. The number of aryl methyl sites for hydroxylation is 2. The minimum absolute atomic E-state index is 0.270. The lowest BCUT2D eigenvalue weighted by atomic mass is 10.0. The van der Waals surface area contributed by atoms with Gasteiger partial charge in [-0.1, -0.05) is 23.1 Å². The summed E-state index contributed by atoms with van der Waals surface area (Å²) in [7, 11) is 0. The van der Waals surface area contributed by atoms with E-state index in [-0.39, 0.29) is 11.7 Å². The molecule has 0 saturated carbocycles. The maximum Gasteiger partial charge on any atom is 0.336 e. The van der Waals surface area contributed by atoms with E-state index in [1.165, 1.54) is 16.9 Å². The highest BCUT2D eigenvalue weighted by molar-refractivity contribution is 8.00. The third-order valence-corrected chi connectivity index (χ3v) is 6.77. The average molecular weight is 404 g/mol. The van der Waals surface area contributed by atoms with Crippen molar-refractivity contribution in [3.8, 4) is 0 Å². The number of hydrogen-bond acceptors (Lipinski definition) is 8. The molecule has 1 saturated heterocycles. The Morgan fingerprint density at radius 1 is 1.26 bits per heavy atom. The summed E-state index contributed by atoms with van der Waals surface area (Å²) >= 11 is 3.10. The molecule has 0 amide bonds. The van der Waals surface area contributed by atoms with E-state index in [9.17, 15) is 4.79 Å². The van der Waals surface area contributed by atoms with Gasteiger partial charge in [0.2, 0.25) is 5.13 Å². The molecule has 4 rings (SSSR count). The van der Waals surface area contributed by atoms with Gasteiger partial charge in [-0.05, 0) is 55.5 Å². The lowest BCUT2D eigenvalue weighted by Crippen LogP contribution is -2.18. The van der Waals surface area contributed by atoms with Gasteiger partial charge >= 0.3 is 5.63 Å². The quantitative estimate of drug-likeness (QED) is 0.489. The Bertz CT molecular complexity index is 1010. The molecule has 27 heavy (non-hydrogen) atoms. The summed E-state index contributed by atoms with van der Waals surface area (Å²) in [5.74, 6) is 0.644. The Morgan fingerprint density at radius 3 is 2.93 bits per heavy atom. The second-order valence-electron chi connectivity index (χ2n) is 6.70. The molecule has 1 unspecified atom stereocenters. The van der Waals surface area contributed by atoms with Crippen LogP contribution in [0.4, 0.5) is 5.13 Å². The number of nitrogens with zero attached hydrogens (tertiary/aromatic N) is 2. The molecule has 8 heteroatoms. The number of thioether (sulfide) groups is 1. The molecule has 2 aromatic heterocycles. The molecule has 0 radical (unpaired) electrons. The fraction of sp³-hybridized carbons (Fsp3) is 0.421. The molecule has 0 spiro atoms. The highest BCUT2D eigenvalue weighted by Gasteiger charge is 2.16. The van der Waals surface area contributed by atoms with E-state index >= 15 is 0 Å². The SMILES string of the molecule is Cc1cc2oc(=O)cc(CSc3nnc(NCC4CCCO4)s3)c2cc1C. The van der Waals surface area contributed by atoms with Crippen LogP contribution in [0, 0.1) is 13.8 Å². The second-order valence-corrected chi connectivity index (χ2v) is 8.90. The van der Waals surface area contributed by atoms with Gasteiger partial charge in [-0.2, -0.15) is 0 Å². The zero-order valence-electron chi connectivity index (χ0n) is 15.3. The summed E-state index contributed by atoms with van der Waals surface area (Å²) in [4.78, 5) is 11.9. The summed E-state index contributed by atoms with van der Waals surface area (Å²) in [6.45, 7) is 5.69. The maximum atomic E-state index is 11.9. The summed E-state index contributed by atoms with van der Waals surface area (Å²) in [5, 5.41) is 13.5. The molecule has 0 bridgehead atoms. The molecule has 1 aliphatic rings. The van der Waals surface area contributed by atoms with Crippen LogP contribution in [0.5, 0.6) is 0 Å². The molecule has 0 aliphatic carbocycles. The van der Waals surface area contributed by atoms with Crippen LogP contribution >= 0.6 is 23.1 Å². The molecule has 1 aliphatic heterocycles. The third kappa shape index (κ3) is 4.34. The van der Waals surface area contributed by atoms with E-state index in [0.29, 0.717) is 11.3 Å². The highest BCUT2D eigenvalue weighted by atomic mass is 32.2. The van der Waals surface area contributed by atoms with E-state index in [0.717, 1.165) is 52.0 Å². The van der Waals surface area contributed by atoms with Crippen LogP contribution < -0.4 is 10.9 Å². The lowest BCUT2D eigenvalue weighted by molar-refractivity contribution is 0.120. The second kappa shape index (κ2) is 8.00. The van der Waals surface area contributed by atoms with E-state index in [2.05, 4.69) is 28.5 Å². The van der Waals surface area contributed by atoms with Crippen LogP contribution in [-0.2, 0) is 10.5 Å². The molecule has 6 nitrogen and oxygen atoms in total. The lowest BCUT2D eigenvalue weighted by Gasteiger charge is -2.08. The van der Waals surface area contributed by atoms with Crippen molar-refractivity contribution in [3.05, 3.63) is 45.3 Å². The fourth-order valence-corrected chi connectivity index (χ4v) is 4.84. The molecule has 142 valence electrons. The predicted molar refractivity (Wildman–Crippen MR) is 109 cm³/mol. The topological polar surface area (TPSA) is 77.2 Å². The van der Waals surface area contributed by atoms with E-state index in [1.54, 1.807) is 17.8 Å². The number of nitrogens with one attached hydrogen (secondary N) is 1. The highest BCUT2D eigenvalue weighted by Crippen LogP contribution is 2.31. The number of ether oxygens (including phenoxy) is 1. The standard InChI is InChI=1S/C19H21N3O3S2/c1-11-6-15-13(8-17(23)25-16(15)7-12(11)2)10-26-19-22-21-18(27-19)20-9-14-4-3-5-24-14/h6-8,14H,3-5,9-10H2,1-2H3,(H,20,21). The fourth-order valence-electron chi connectivity index (χ4n) is 3.09. The first-order chi connectivity index (χ1) is 13.1. The van der Waals surface area contributed by atoms with E-state index < -0.39 is 0 Å². The average Bonchev–Trinajstić information content (AvgIpc) is 3.31. The van der Waals surface area contributed by atoms with Gasteiger partial charge in [0.25, 0.3) is 0 Å². The Balaban J connectivity index is 1.45. The van der Waals surface area contributed by atoms with Crippen molar-refractivity contribution in [3.63, 3.8) is 0 Å². The summed E-state index contributed by atoms with van der Waals surface area (Å²) in [6, 6.07) is 5.58. The van der Waals surface area contributed by atoms with Crippen molar-refractivity contribution in [2.75, 3.05) is 18.5 Å². The summed E-state index contributed by atoms with van der Waals surface area (Å²) < 4.78 is 11.8. The summed E-state index contributed by atoms with van der Waals surface area (Å²) in [5.41, 5.74) is 3.56. The zero-order valence-corrected chi connectivity index (χ0v) is 16.9. The smallest absolute Gasteiger partial charge is 0.336 e. The van der Waals surface area contributed by atoms with Crippen LogP contribution in [0.1, 0.15) is 29.5 Å². The van der Waals surface area contributed by atoms with E-state index in [1.807, 2.05) is 13.0 Å². The number of hydrogen-bond donors (Lipinski definition) is 1. The largest absolute Gasteiger partial charge is 0.423 e. The first kappa shape index (κ1) is 18.5. The molecule has 1 fully saturated rings. The Kier molecular flexibility index (Phi) is 5.47. The molecular weight excluding hydrogens is 382 g/mol. The number of benzene rings is 1. The van der Waals surface area contributed by atoms with Gasteiger partial charge in [-0.25, -0.2) is 4.79 Å². The van der Waals surface area contributed by atoms with Gasteiger partial charge in [0.15, 0.2) is 4.34 Å². The van der Waals surface area contributed by atoms with Gasteiger partial charge in [0.1, 0.15) is 5.58 Å². The molecule has 1 N–H and O–H groups in total. The van der Waals surface area contributed by atoms with Crippen LogP contribution in [-0.4, -0.2) is 29.5 Å². The van der Waals surface area contributed by atoms with Crippen molar-refractivity contribution in [1.82, 2.24) is 10.2 Å². The van der Waals surface area contributed by atoms with Crippen molar-refractivity contribution in [1.29, 1.82) is 0 Å². The van der Waals surface area contributed by atoms with Crippen molar-refractivity contribution >= 4 is 39.2 Å². The van der Waals surface area contributed by atoms with Crippen molar-refractivity contribution in [2.24, 2.45) is 0 Å². The van der Waals surface area contributed by atoms with Crippen LogP contribution in [0.2, 0.25) is 0 Å². The molecular formula is C19H21N3O3S2. The number of fused-ring (bicyclic) bond motifs is 1. The molecule has 1 aromatic carbocycles. The zero-order chi connectivity index (χ0) is 18.8. The van der Waals surface area contributed by atoms with E-state index in [4.69, 9.17) is 9.15 Å². The predicted octanol–water partition coefficient (Wildman–Crippen LogP) is 4.14. The van der Waals surface area contributed by atoms with Crippen LogP contribution in [0.25, 0.3) is 11.0 Å². The molecule has 3 aromatic rings. The first-order valence-electron chi connectivity index (χ1n) is 8.94. The summed E-state index contributed by atoms with van der Waals surface area (Å²) in [6.07, 6.45) is 2.49. The van der Waals surface area contributed by atoms with Crippen LogP contribution in [0.15, 0.2) is 31.8 Å². The molecule has 3 heterocycles. The minimum atomic E-state index is -0.322. The first-order valence-corrected chi connectivity index (χ1v) is 10.7. The van der Waals surface area contributed by atoms with Gasteiger partial charge in [-0.3, -0.25) is 0 Å². The van der Waals surface area contributed by atoms with Crippen molar-refractivity contribution in [2.45, 2.75) is 42.9 Å². The van der Waals surface area contributed by atoms with Gasteiger partial charge < -0.3 is 14.5 Å². The van der Waals surface area contributed by atoms with Crippen LogP contribution in [0.3, 0.4) is 0 Å². The van der Waals surface area contributed by atoms with Gasteiger partial charge in [0.05, 0.1) is 6.10 Å².